The van der Waals surface area contributed by atoms with E-state index in [-0.39, 0.29) is 11.7 Å². The summed E-state index contributed by atoms with van der Waals surface area (Å²) < 4.78 is 1.54. The van der Waals surface area contributed by atoms with Gasteiger partial charge in [-0.05, 0) is 13.8 Å². The second-order valence-corrected chi connectivity index (χ2v) is 5.07. The quantitative estimate of drug-likeness (QED) is 0.835. The number of anilines is 2. The molecule has 3 N–H and O–H groups in total. The van der Waals surface area contributed by atoms with E-state index in [9.17, 15) is 9.59 Å². The molecule has 0 fully saturated rings. The van der Waals surface area contributed by atoms with E-state index in [4.69, 9.17) is 5.73 Å². The third-order valence-electron chi connectivity index (χ3n) is 2.77. The van der Waals surface area contributed by atoms with E-state index < -0.39 is 0 Å². The Morgan fingerprint density at radius 3 is 2.75 bits per heavy atom. The largest absolute Gasteiger partial charge is 0.395 e. The van der Waals surface area contributed by atoms with Gasteiger partial charge in [-0.2, -0.15) is 5.10 Å². The Hall–Kier alpha value is -2.22. The summed E-state index contributed by atoms with van der Waals surface area (Å²) in [7, 11) is 0. The summed E-state index contributed by atoms with van der Waals surface area (Å²) >= 11 is 1.19. The molecular formula is C12H15N5O2S. The summed E-state index contributed by atoms with van der Waals surface area (Å²) in [5.41, 5.74) is 7.48. The molecule has 0 aliphatic rings. The number of aromatic nitrogens is 3. The van der Waals surface area contributed by atoms with Gasteiger partial charge in [0, 0.05) is 18.8 Å². The Balaban J connectivity index is 2.25. The van der Waals surface area contributed by atoms with Crippen molar-refractivity contribution in [2.75, 3.05) is 11.1 Å². The molecule has 20 heavy (non-hydrogen) atoms. The van der Waals surface area contributed by atoms with Crippen molar-refractivity contribution in [1.82, 2.24) is 14.8 Å². The number of nitrogens with zero attached hydrogens (tertiary/aromatic N) is 3. The second kappa shape index (κ2) is 5.41. The van der Waals surface area contributed by atoms with Crippen molar-refractivity contribution < 1.29 is 9.59 Å². The predicted octanol–water partition coefficient (Wildman–Crippen LogP) is 1.71. The summed E-state index contributed by atoms with van der Waals surface area (Å²) in [5, 5.41) is 8.79. The average Bonchev–Trinajstić information content (AvgIpc) is 2.95. The highest BCUT2D eigenvalue weighted by molar-refractivity contribution is 7.14. The van der Waals surface area contributed by atoms with Crippen molar-refractivity contribution in [3.05, 3.63) is 22.5 Å². The molecule has 0 bridgehead atoms. The smallest absolute Gasteiger partial charge is 0.277 e. The van der Waals surface area contributed by atoms with Gasteiger partial charge in [-0.3, -0.25) is 19.6 Å². The van der Waals surface area contributed by atoms with Crippen LogP contribution in [0.4, 0.5) is 10.8 Å². The predicted molar refractivity (Wildman–Crippen MR) is 77.1 cm³/mol. The summed E-state index contributed by atoms with van der Waals surface area (Å²) in [6, 6.07) is 0. The molecule has 0 saturated heterocycles. The van der Waals surface area contributed by atoms with Crippen LogP contribution in [0.25, 0.3) is 0 Å². The number of nitrogens with one attached hydrogen (secondary N) is 1. The average molecular weight is 293 g/mol. The number of Topliss-reactive ketones (excluding diaryl/α,β-unsaturated/α-hetero) is 1. The Bertz CT molecular complexity index is 673. The van der Waals surface area contributed by atoms with Gasteiger partial charge in [-0.1, -0.05) is 0 Å². The van der Waals surface area contributed by atoms with Crippen LogP contribution >= 0.6 is 11.3 Å². The number of thiazole rings is 1. The summed E-state index contributed by atoms with van der Waals surface area (Å²) in [6.45, 7) is 5.58. The number of carbonyl (C=O) groups excluding carboxylic acids is 2. The molecule has 0 radical (unpaired) electrons. The molecule has 8 heteroatoms. The molecular weight excluding hydrogens is 278 g/mol. The number of amides is 1. The first-order chi connectivity index (χ1) is 9.43. The zero-order valence-corrected chi connectivity index (χ0v) is 12.2. The van der Waals surface area contributed by atoms with Crippen LogP contribution in [0.3, 0.4) is 0 Å². The molecule has 7 nitrogen and oxygen atoms in total. The van der Waals surface area contributed by atoms with Gasteiger partial charge < -0.3 is 5.73 Å². The van der Waals surface area contributed by atoms with Gasteiger partial charge in [-0.25, -0.2) is 4.98 Å². The van der Waals surface area contributed by atoms with Crippen LogP contribution in [0.15, 0.2) is 5.38 Å². The van der Waals surface area contributed by atoms with Crippen LogP contribution in [0.1, 0.15) is 40.5 Å². The number of nitrogen functional groups attached to an aromatic ring is 1. The number of hydrogen-bond donors (Lipinski definition) is 2. The lowest BCUT2D eigenvalue weighted by Gasteiger charge is -2.05. The number of nitrogens with two attached hydrogens (primary N) is 1. The number of ketones is 1. The first kappa shape index (κ1) is 14.2. The number of carbonyl (C=O) groups is 2. The first-order valence-electron chi connectivity index (χ1n) is 6.04. The molecule has 2 heterocycles. The van der Waals surface area contributed by atoms with Crippen LogP contribution in [0, 0.1) is 6.92 Å². The fourth-order valence-corrected chi connectivity index (χ4v) is 2.46. The lowest BCUT2D eigenvalue weighted by Crippen LogP contribution is -2.18. The fourth-order valence-electron chi connectivity index (χ4n) is 1.71. The molecule has 2 aromatic heterocycles. The van der Waals surface area contributed by atoms with Crippen LogP contribution < -0.4 is 11.1 Å². The van der Waals surface area contributed by atoms with E-state index in [2.05, 4.69) is 15.4 Å². The zero-order valence-electron chi connectivity index (χ0n) is 11.4. The Kier molecular flexibility index (Phi) is 3.84. The second-order valence-electron chi connectivity index (χ2n) is 4.21. The minimum Gasteiger partial charge on any atom is -0.395 e. The van der Waals surface area contributed by atoms with E-state index in [0.29, 0.717) is 34.4 Å². The normalized spacial score (nSPS) is 10.6. The Morgan fingerprint density at radius 1 is 1.50 bits per heavy atom. The molecule has 2 aromatic rings. The highest BCUT2D eigenvalue weighted by Crippen LogP contribution is 2.20. The van der Waals surface area contributed by atoms with Gasteiger partial charge in [-0.15, -0.1) is 11.3 Å². The lowest BCUT2D eigenvalue weighted by atomic mass is 10.3. The molecule has 1 amide bonds. The van der Waals surface area contributed by atoms with E-state index in [1.807, 2.05) is 6.92 Å². The SMILES string of the molecule is CCn1nc(C)c(N)c1C(=O)Nc1nc(C(C)=O)cs1. The maximum Gasteiger partial charge on any atom is 0.277 e. The van der Waals surface area contributed by atoms with Gasteiger partial charge in [0.2, 0.25) is 0 Å². The molecule has 2 rings (SSSR count). The number of aryl methyl sites for hydroxylation is 2. The van der Waals surface area contributed by atoms with Gasteiger partial charge in [0.25, 0.3) is 5.91 Å². The van der Waals surface area contributed by atoms with Gasteiger partial charge >= 0.3 is 0 Å². The maximum absolute atomic E-state index is 12.2. The standard InChI is InChI=1S/C12H15N5O2S/c1-4-17-10(9(13)6(2)16-17)11(19)15-12-14-8(5-20-12)7(3)18/h5H,4,13H2,1-3H3,(H,14,15,19). The van der Waals surface area contributed by atoms with Crippen molar-refractivity contribution in [1.29, 1.82) is 0 Å². The molecule has 0 saturated carbocycles. The van der Waals surface area contributed by atoms with E-state index in [0.717, 1.165) is 0 Å². The molecule has 0 aliphatic heterocycles. The summed E-state index contributed by atoms with van der Waals surface area (Å²) in [5.74, 6) is -0.523. The topological polar surface area (TPSA) is 103 Å². The fraction of sp³-hybridized carbons (Fsp3) is 0.333. The van der Waals surface area contributed by atoms with Crippen molar-refractivity contribution in [3.8, 4) is 0 Å². The minimum atomic E-state index is -0.380. The van der Waals surface area contributed by atoms with Crippen molar-refractivity contribution >= 4 is 33.8 Å². The van der Waals surface area contributed by atoms with Crippen LogP contribution in [0.5, 0.6) is 0 Å². The van der Waals surface area contributed by atoms with Crippen molar-refractivity contribution in [2.24, 2.45) is 0 Å². The number of hydrogen-bond acceptors (Lipinski definition) is 6. The molecule has 0 aliphatic carbocycles. The van der Waals surface area contributed by atoms with Gasteiger partial charge in [0.15, 0.2) is 10.9 Å². The molecule has 106 valence electrons. The maximum atomic E-state index is 12.2. The van der Waals surface area contributed by atoms with Gasteiger partial charge in [0.1, 0.15) is 11.4 Å². The van der Waals surface area contributed by atoms with Crippen molar-refractivity contribution in [3.63, 3.8) is 0 Å². The summed E-state index contributed by atoms with van der Waals surface area (Å²) in [6.07, 6.45) is 0. The van der Waals surface area contributed by atoms with E-state index >= 15 is 0 Å². The minimum absolute atomic E-state index is 0.143. The zero-order chi connectivity index (χ0) is 14.9. The monoisotopic (exact) mass is 293 g/mol. The van der Waals surface area contributed by atoms with Gasteiger partial charge in [0.05, 0.1) is 11.4 Å². The van der Waals surface area contributed by atoms with E-state index in [1.54, 1.807) is 17.0 Å². The molecule has 0 aromatic carbocycles. The highest BCUT2D eigenvalue weighted by atomic mass is 32.1. The van der Waals surface area contributed by atoms with Crippen LogP contribution in [0.2, 0.25) is 0 Å². The number of rotatable bonds is 4. The third kappa shape index (κ3) is 2.55. The van der Waals surface area contributed by atoms with Crippen LogP contribution in [-0.2, 0) is 6.54 Å². The molecule has 0 unspecified atom stereocenters. The third-order valence-corrected chi connectivity index (χ3v) is 3.53. The van der Waals surface area contributed by atoms with E-state index in [1.165, 1.54) is 18.3 Å². The van der Waals surface area contributed by atoms with Crippen molar-refractivity contribution in [2.45, 2.75) is 27.3 Å². The highest BCUT2D eigenvalue weighted by Gasteiger charge is 2.20. The lowest BCUT2D eigenvalue weighted by molar-refractivity contribution is 0.1000. The molecule has 0 atom stereocenters. The summed E-state index contributed by atoms with van der Waals surface area (Å²) in [4.78, 5) is 27.4. The van der Waals surface area contributed by atoms with Crippen LogP contribution in [-0.4, -0.2) is 26.5 Å². The Labute approximate surface area is 119 Å². The Morgan fingerprint density at radius 2 is 2.20 bits per heavy atom. The molecule has 0 spiro atoms. The first-order valence-corrected chi connectivity index (χ1v) is 6.92.